The van der Waals surface area contributed by atoms with Gasteiger partial charge >= 0.3 is 0 Å². The molecule has 8 nitrogen and oxygen atoms in total. The van der Waals surface area contributed by atoms with E-state index in [2.05, 4.69) is 19.1 Å². The second-order valence-corrected chi connectivity index (χ2v) is 10.9. The first-order valence-electron chi connectivity index (χ1n) is 14.2. The minimum absolute atomic E-state index is 0.0418. The number of benzene rings is 3. The summed E-state index contributed by atoms with van der Waals surface area (Å²) >= 11 is 1.32. The molecule has 5 rings (SSSR count). The molecule has 0 unspecified atom stereocenters. The van der Waals surface area contributed by atoms with E-state index in [-0.39, 0.29) is 11.8 Å². The molecule has 42 heavy (non-hydrogen) atoms. The minimum Gasteiger partial charge on any atom is -0.490 e. The Morgan fingerprint density at radius 2 is 1.79 bits per heavy atom. The highest BCUT2D eigenvalue weighted by atomic mass is 32.2. The Balaban J connectivity index is 1.34. The van der Waals surface area contributed by atoms with E-state index in [9.17, 15) is 9.59 Å². The van der Waals surface area contributed by atoms with Gasteiger partial charge in [-0.2, -0.15) is 0 Å². The summed E-state index contributed by atoms with van der Waals surface area (Å²) in [6.07, 6.45) is 1.85. The molecule has 9 heteroatoms. The standard InChI is InChI=1S/C33H35N3O5S/c1-4-36-32(38)30(42-33(36)34-27-8-6-7-26(21-27)31(37)35-15-17-39-18-16-35)20-25-13-14-28(29(19-25)40-5-2)41-22-24-11-9-23(3)10-12-24/h6-14,19-21H,4-5,15-18,22H2,1-3H3/b30-20+,34-33?. The fourth-order valence-corrected chi connectivity index (χ4v) is 5.70. The van der Waals surface area contributed by atoms with Gasteiger partial charge in [0.15, 0.2) is 16.7 Å². The van der Waals surface area contributed by atoms with E-state index < -0.39 is 0 Å². The van der Waals surface area contributed by atoms with E-state index in [4.69, 9.17) is 19.2 Å². The van der Waals surface area contributed by atoms with E-state index in [1.165, 1.54) is 17.3 Å². The Labute approximate surface area is 251 Å². The number of carbonyl (C=O) groups excluding carboxylic acids is 2. The van der Waals surface area contributed by atoms with Crippen molar-refractivity contribution in [2.24, 2.45) is 4.99 Å². The van der Waals surface area contributed by atoms with Gasteiger partial charge in [-0.1, -0.05) is 42.0 Å². The van der Waals surface area contributed by atoms with Gasteiger partial charge in [0, 0.05) is 25.2 Å². The van der Waals surface area contributed by atoms with Crippen LogP contribution < -0.4 is 9.47 Å². The first-order valence-corrected chi connectivity index (χ1v) is 15.0. The van der Waals surface area contributed by atoms with Gasteiger partial charge in [0.1, 0.15) is 6.61 Å². The van der Waals surface area contributed by atoms with Crippen LogP contribution in [0.4, 0.5) is 5.69 Å². The number of hydrogen-bond donors (Lipinski definition) is 0. The molecule has 0 aromatic heterocycles. The van der Waals surface area contributed by atoms with Crippen LogP contribution in [0.5, 0.6) is 11.5 Å². The van der Waals surface area contributed by atoms with Gasteiger partial charge in [0.25, 0.3) is 11.8 Å². The number of aliphatic imine (C=N–C) groups is 1. The monoisotopic (exact) mass is 585 g/mol. The van der Waals surface area contributed by atoms with Gasteiger partial charge in [0.2, 0.25) is 0 Å². The van der Waals surface area contributed by atoms with E-state index in [1.54, 1.807) is 21.9 Å². The molecule has 2 saturated heterocycles. The van der Waals surface area contributed by atoms with Crippen molar-refractivity contribution in [2.75, 3.05) is 39.5 Å². The molecular weight excluding hydrogens is 550 g/mol. The minimum atomic E-state index is -0.112. The Morgan fingerprint density at radius 3 is 2.52 bits per heavy atom. The third kappa shape index (κ3) is 7.03. The lowest BCUT2D eigenvalue weighted by Gasteiger charge is -2.26. The normalized spacial score (nSPS) is 17.3. The molecule has 3 aromatic rings. The van der Waals surface area contributed by atoms with Crippen molar-refractivity contribution in [3.05, 3.63) is 93.9 Å². The summed E-state index contributed by atoms with van der Waals surface area (Å²) in [5.41, 5.74) is 4.29. The average molecular weight is 586 g/mol. The average Bonchev–Trinajstić information content (AvgIpc) is 3.30. The maximum Gasteiger partial charge on any atom is 0.266 e. The third-order valence-electron chi connectivity index (χ3n) is 6.90. The zero-order chi connectivity index (χ0) is 29.5. The lowest BCUT2D eigenvalue weighted by Crippen LogP contribution is -2.40. The summed E-state index contributed by atoms with van der Waals surface area (Å²) < 4.78 is 17.3. The Bertz CT molecular complexity index is 1500. The van der Waals surface area contributed by atoms with Crippen molar-refractivity contribution >= 4 is 40.5 Å². The highest BCUT2D eigenvalue weighted by Crippen LogP contribution is 2.36. The number of carbonyl (C=O) groups is 2. The molecule has 0 bridgehead atoms. The van der Waals surface area contributed by atoms with Gasteiger partial charge < -0.3 is 19.1 Å². The highest BCUT2D eigenvalue weighted by molar-refractivity contribution is 8.18. The summed E-state index contributed by atoms with van der Waals surface area (Å²) in [5, 5.41) is 0.577. The first kappa shape index (κ1) is 29.4. The van der Waals surface area contributed by atoms with Crippen molar-refractivity contribution < 1.29 is 23.8 Å². The van der Waals surface area contributed by atoms with Crippen LogP contribution in [0.15, 0.2) is 76.6 Å². The fourth-order valence-electron chi connectivity index (χ4n) is 4.64. The van der Waals surface area contributed by atoms with Crippen LogP contribution in [0.1, 0.15) is 40.9 Å². The van der Waals surface area contributed by atoms with Gasteiger partial charge in [-0.05, 0) is 80.1 Å². The summed E-state index contributed by atoms with van der Waals surface area (Å²) in [6.45, 7) is 9.53. The van der Waals surface area contributed by atoms with Crippen LogP contribution in [-0.4, -0.2) is 66.2 Å². The zero-order valence-corrected chi connectivity index (χ0v) is 25.0. The van der Waals surface area contributed by atoms with Crippen LogP contribution in [-0.2, 0) is 16.1 Å². The molecule has 0 saturated carbocycles. The molecule has 218 valence electrons. The molecule has 0 spiro atoms. The smallest absolute Gasteiger partial charge is 0.266 e. The number of morpholine rings is 1. The molecule has 2 aliphatic rings. The van der Waals surface area contributed by atoms with Crippen molar-refractivity contribution in [1.82, 2.24) is 9.80 Å². The number of thioether (sulfide) groups is 1. The van der Waals surface area contributed by atoms with Gasteiger partial charge in [-0.3, -0.25) is 14.5 Å². The largest absolute Gasteiger partial charge is 0.490 e. The van der Waals surface area contributed by atoms with Crippen molar-refractivity contribution in [2.45, 2.75) is 27.4 Å². The maximum absolute atomic E-state index is 13.3. The van der Waals surface area contributed by atoms with Crippen molar-refractivity contribution in [3.8, 4) is 11.5 Å². The molecule has 3 aromatic carbocycles. The van der Waals surface area contributed by atoms with Crippen LogP contribution >= 0.6 is 11.8 Å². The number of aryl methyl sites for hydroxylation is 1. The SMILES string of the molecule is CCOc1cc(/C=C2/SC(=Nc3cccc(C(=O)N4CCOCC4)c3)N(CC)C2=O)ccc1OCc1ccc(C)cc1. The third-order valence-corrected chi connectivity index (χ3v) is 7.91. The summed E-state index contributed by atoms with van der Waals surface area (Å²) in [6, 6.07) is 21.1. The van der Waals surface area contributed by atoms with Crippen molar-refractivity contribution in [1.29, 1.82) is 0 Å². The molecule has 0 radical (unpaired) electrons. The topological polar surface area (TPSA) is 80.7 Å². The summed E-state index contributed by atoms with van der Waals surface area (Å²) in [5.74, 6) is 1.12. The Morgan fingerprint density at radius 1 is 1.00 bits per heavy atom. The van der Waals surface area contributed by atoms with Crippen LogP contribution in [0, 0.1) is 6.92 Å². The fraction of sp³-hybridized carbons (Fsp3) is 0.303. The van der Waals surface area contributed by atoms with Crippen molar-refractivity contribution in [3.63, 3.8) is 0 Å². The molecule has 2 amide bonds. The molecule has 2 fully saturated rings. The number of amidine groups is 1. The second-order valence-electron chi connectivity index (χ2n) is 9.92. The Hall–Kier alpha value is -4.08. The van der Waals surface area contributed by atoms with E-state index in [0.29, 0.717) is 78.9 Å². The quantitative estimate of drug-likeness (QED) is 0.284. The molecule has 0 aliphatic carbocycles. The molecule has 0 atom stereocenters. The number of hydrogen-bond acceptors (Lipinski definition) is 7. The number of nitrogens with zero attached hydrogens (tertiary/aromatic N) is 3. The highest BCUT2D eigenvalue weighted by Gasteiger charge is 2.32. The van der Waals surface area contributed by atoms with E-state index in [1.807, 2.05) is 62.4 Å². The van der Waals surface area contributed by atoms with Crippen LogP contribution in [0.3, 0.4) is 0 Å². The maximum atomic E-state index is 13.3. The van der Waals surface area contributed by atoms with Crippen LogP contribution in [0.25, 0.3) is 6.08 Å². The van der Waals surface area contributed by atoms with Gasteiger partial charge in [-0.15, -0.1) is 0 Å². The van der Waals surface area contributed by atoms with E-state index >= 15 is 0 Å². The predicted octanol–water partition coefficient (Wildman–Crippen LogP) is 6.07. The predicted molar refractivity (Wildman–Crippen MR) is 166 cm³/mol. The van der Waals surface area contributed by atoms with Gasteiger partial charge in [0.05, 0.1) is 30.4 Å². The zero-order valence-electron chi connectivity index (χ0n) is 24.2. The number of amides is 2. The lowest BCUT2D eigenvalue weighted by atomic mass is 10.1. The van der Waals surface area contributed by atoms with Gasteiger partial charge in [-0.25, -0.2) is 4.99 Å². The summed E-state index contributed by atoms with van der Waals surface area (Å²) in [7, 11) is 0. The van der Waals surface area contributed by atoms with Crippen LogP contribution in [0.2, 0.25) is 0 Å². The first-order chi connectivity index (χ1) is 20.4. The number of rotatable bonds is 9. The van der Waals surface area contributed by atoms with E-state index in [0.717, 1.165) is 11.1 Å². The summed E-state index contributed by atoms with van der Waals surface area (Å²) in [4.78, 5) is 35.0. The second kappa shape index (κ2) is 13.7. The Kier molecular flexibility index (Phi) is 9.61. The molecule has 2 aliphatic heterocycles. The number of ether oxygens (including phenoxy) is 3. The molecule has 0 N–H and O–H groups in total. The molecule has 2 heterocycles. The number of likely N-dealkylation sites (N-methyl/N-ethyl adjacent to an activating group) is 1. The lowest BCUT2D eigenvalue weighted by molar-refractivity contribution is -0.122. The molecular formula is C33H35N3O5S.